The molecule has 8 N–H and O–H groups in total. The summed E-state index contributed by atoms with van der Waals surface area (Å²) in [6.45, 7) is 1.94. The molecular formula is C25H43NO9. The van der Waals surface area contributed by atoms with Gasteiger partial charge in [-0.05, 0) is 25.1 Å². The van der Waals surface area contributed by atoms with Crippen LogP contribution < -0.4 is 5.32 Å². The Labute approximate surface area is 207 Å². The van der Waals surface area contributed by atoms with E-state index in [1.165, 1.54) is 44.9 Å². The van der Waals surface area contributed by atoms with E-state index in [0.717, 1.165) is 31.4 Å². The van der Waals surface area contributed by atoms with Gasteiger partial charge in [-0.1, -0.05) is 64.7 Å². The summed E-state index contributed by atoms with van der Waals surface area (Å²) >= 11 is 0. The number of esters is 1. The van der Waals surface area contributed by atoms with E-state index >= 15 is 0 Å². The quantitative estimate of drug-likeness (QED) is 0.0792. The molecule has 10 heteroatoms. The largest absolute Gasteiger partial charge is 0.504 e. The summed E-state index contributed by atoms with van der Waals surface area (Å²) < 4.78 is 5.26. The number of rotatable bonds is 19. The maximum atomic E-state index is 12.5. The van der Waals surface area contributed by atoms with Crippen LogP contribution in [0.5, 0.6) is 17.2 Å². The fourth-order valence-corrected chi connectivity index (χ4v) is 3.70. The minimum absolute atomic E-state index is 0.0460. The zero-order chi connectivity index (χ0) is 26.2. The van der Waals surface area contributed by atoms with Crippen molar-refractivity contribution in [1.82, 2.24) is 5.32 Å². The number of aliphatic hydroxyl groups is 4. The summed E-state index contributed by atoms with van der Waals surface area (Å²) in [5, 5.41) is 70.9. The zero-order valence-corrected chi connectivity index (χ0v) is 20.6. The van der Waals surface area contributed by atoms with Crippen LogP contribution in [0.1, 0.15) is 81.5 Å². The molecule has 0 unspecified atom stereocenters. The SMILES string of the molecule is CCCCCCCCCCCCNC[C@H](OC(=O)c1cc(O)c(O)c(O)c1)[C@@H](O)[C@H](O)[C@H](O)CO. The van der Waals surface area contributed by atoms with Crippen molar-refractivity contribution in [2.45, 2.75) is 95.5 Å². The monoisotopic (exact) mass is 501 g/mol. The smallest absolute Gasteiger partial charge is 0.338 e. The molecule has 0 saturated heterocycles. The van der Waals surface area contributed by atoms with Crippen LogP contribution in [-0.4, -0.2) is 85.8 Å². The molecule has 0 radical (unpaired) electrons. The maximum Gasteiger partial charge on any atom is 0.338 e. The molecule has 0 heterocycles. The topological polar surface area (TPSA) is 180 Å². The highest BCUT2D eigenvalue weighted by Crippen LogP contribution is 2.35. The van der Waals surface area contributed by atoms with E-state index in [-0.39, 0.29) is 12.1 Å². The summed E-state index contributed by atoms with van der Waals surface area (Å²) in [5.41, 5.74) is -0.290. The summed E-state index contributed by atoms with van der Waals surface area (Å²) in [6.07, 6.45) is 5.37. The van der Waals surface area contributed by atoms with Gasteiger partial charge in [-0.25, -0.2) is 4.79 Å². The van der Waals surface area contributed by atoms with Crippen molar-refractivity contribution in [1.29, 1.82) is 0 Å². The van der Waals surface area contributed by atoms with Crippen LogP contribution >= 0.6 is 0 Å². The molecule has 0 aliphatic carbocycles. The van der Waals surface area contributed by atoms with E-state index < -0.39 is 54.2 Å². The molecule has 0 bridgehead atoms. The first-order valence-corrected chi connectivity index (χ1v) is 12.5. The van der Waals surface area contributed by atoms with Crippen molar-refractivity contribution in [2.75, 3.05) is 19.7 Å². The molecule has 1 aromatic rings. The van der Waals surface area contributed by atoms with E-state index in [1.807, 2.05) is 0 Å². The summed E-state index contributed by atoms with van der Waals surface area (Å²) in [7, 11) is 0. The van der Waals surface area contributed by atoms with Crippen molar-refractivity contribution in [2.24, 2.45) is 0 Å². The minimum atomic E-state index is -1.78. The second kappa shape index (κ2) is 17.3. The van der Waals surface area contributed by atoms with Gasteiger partial charge >= 0.3 is 5.97 Å². The van der Waals surface area contributed by atoms with Gasteiger partial charge in [0.25, 0.3) is 0 Å². The average Bonchev–Trinajstić information content (AvgIpc) is 2.85. The van der Waals surface area contributed by atoms with Crippen molar-refractivity contribution < 1.29 is 45.3 Å². The van der Waals surface area contributed by atoms with Crippen molar-refractivity contribution in [3.63, 3.8) is 0 Å². The van der Waals surface area contributed by atoms with Gasteiger partial charge < -0.3 is 45.8 Å². The van der Waals surface area contributed by atoms with E-state index in [0.29, 0.717) is 6.54 Å². The fourth-order valence-electron chi connectivity index (χ4n) is 3.70. The average molecular weight is 502 g/mol. The first-order chi connectivity index (χ1) is 16.7. The summed E-state index contributed by atoms with van der Waals surface area (Å²) in [5.74, 6) is -3.29. The highest BCUT2D eigenvalue weighted by molar-refractivity contribution is 5.91. The lowest BCUT2D eigenvalue weighted by Crippen LogP contribution is -2.50. The number of hydrogen-bond acceptors (Lipinski definition) is 10. The van der Waals surface area contributed by atoms with Gasteiger partial charge in [0.05, 0.1) is 12.2 Å². The van der Waals surface area contributed by atoms with Gasteiger partial charge in [0.2, 0.25) is 0 Å². The maximum absolute atomic E-state index is 12.5. The van der Waals surface area contributed by atoms with E-state index in [4.69, 9.17) is 9.84 Å². The molecule has 0 spiro atoms. The second-order valence-corrected chi connectivity index (χ2v) is 8.92. The van der Waals surface area contributed by atoms with Crippen molar-refractivity contribution >= 4 is 5.97 Å². The van der Waals surface area contributed by atoms with Crippen molar-refractivity contribution in [3.8, 4) is 17.2 Å². The molecule has 1 aromatic carbocycles. The van der Waals surface area contributed by atoms with E-state index in [2.05, 4.69) is 12.2 Å². The van der Waals surface area contributed by atoms with Gasteiger partial charge in [0.15, 0.2) is 17.2 Å². The highest BCUT2D eigenvalue weighted by atomic mass is 16.6. The highest BCUT2D eigenvalue weighted by Gasteiger charge is 2.34. The third-order valence-electron chi connectivity index (χ3n) is 5.93. The Morgan fingerprint density at radius 2 is 1.37 bits per heavy atom. The molecule has 10 nitrogen and oxygen atoms in total. The predicted octanol–water partition coefficient (Wildman–Crippen LogP) is 1.91. The number of benzene rings is 1. The Balaban J connectivity index is 2.54. The van der Waals surface area contributed by atoms with Crippen LogP contribution in [0, 0.1) is 0 Å². The van der Waals surface area contributed by atoms with Crippen LogP contribution in [0.15, 0.2) is 12.1 Å². The zero-order valence-electron chi connectivity index (χ0n) is 20.6. The molecule has 0 amide bonds. The van der Waals surface area contributed by atoms with Gasteiger partial charge in [0, 0.05) is 6.54 Å². The molecule has 0 aromatic heterocycles. The van der Waals surface area contributed by atoms with Crippen LogP contribution in [0.2, 0.25) is 0 Å². The van der Waals surface area contributed by atoms with Gasteiger partial charge in [-0.15, -0.1) is 0 Å². The molecular weight excluding hydrogens is 458 g/mol. The summed E-state index contributed by atoms with van der Waals surface area (Å²) in [6, 6.07) is 1.77. The number of phenols is 3. The molecule has 202 valence electrons. The van der Waals surface area contributed by atoms with E-state index in [9.17, 15) is 35.4 Å². The number of hydrogen-bond donors (Lipinski definition) is 8. The lowest BCUT2D eigenvalue weighted by Gasteiger charge is -2.29. The van der Waals surface area contributed by atoms with Crippen LogP contribution in [0.25, 0.3) is 0 Å². The van der Waals surface area contributed by atoms with E-state index in [1.54, 1.807) is 0 Å². The molecule has 4 atom stereocenters. The molecule has 0 fully saturated rings. The third-order valence-corrected chi connectivity index (χ3v) is 5.93. The molecule has 1 rings (SSSR count). The molecule has 0 aliphatic heterocycles. The minimum Gasteiger partial charge on any atom is -0.504 e. The predicted molar refractivity (Wildman–Crippen MR) is 130 cm³/mol. The molecule has 0 saturated carbocycles. The Bertz CT molecular complexity index is 708. The summed E-state index contributed by atoms with van der Waals surface area (Å²) in [4.78, 5) is 12.5. The standard InChI is InChI=1S/C25H43NO9/c1-2-3-4-5-6-7-8-9-10-11-12-26-15-21(24(33)23(32)20(30)16-27)35-25(34)17-13-18(28)22(31)19(29)14-17/h13-14,20-21,23-24,26-33H,2-12,15-16H2,1H3/t20-,21+,23-,24-/m1/s1. The Morgan fingerprint density at radius 1 is 0.857 bits per heavy atom. The number of nitrogens with one attached hydrogen (secondary N) is 1. The Hall–Kier alpha value is -2.11. The van der Waals surface area contributed by atoms with Crippen molar-refractivity contribution in [3.05, 3.63) is 17.7 Å². The van der Waals surface area contributed by atoms with Crippen LogP contribution in [0.4, 0.5) is 0 Å². The number of aliphatic hydroxyl groups excluding tert-OH is 4. The van der Waals surface area contributed by atoms with Crippen LogP contribution in [0.3, 0.4) is 0 Å². The number of aromatic hydroxyl groups is 3. The van der Waals surface area contributed by atoms with Gasteiger partial charge in [0.1, 0.15) is 24.4 Å². The number of carbonyl (C=O) groups is 1. The lowest BCUT2D eigenvalue weighted by molar-refractivity contribution is -0.117. The Morgan fingerprint density at radius 3 is 1.89 bits per heavy atom. The number of unbranched alkanes of at least 4 members (excludes halogenated alkanes) is 9. The normalized spacial score (nSPS) is 14.9. The van der Waals surface area contributed by atoms with Gasteiger partial charge in [-0.3, -0.25) is 0 Å². The number of phenolic OH excluding ortho intramolecular Hbond substituents is 3. The fraction of sp³-hybridized carbons (Fsp3) is 0.720. The Kier molecular flexibility index (Phi) is 15.3. The molecule has 0 aliphatic rings. The first-order valence-electron chi connectivity index (χ1n) is 12.5. The molecule has 35 heavy (non-hydrogen) atoms. The number of ether oxygens (including phenoxy) is 1. The third kappa shape index (κ3) is 11.4. The lowest BCUT2D eigenvalue weighted by atomic mass is 10.0. The van der Waals surface area contributed by atoms with Gasteiger partial charge in [-0.2, -0.15) is 0 Å². The second-order valence-electron chi connectivity index (χ2n) is 8.92. The first kappa shape index (κ1) is 30.9. The van der Waals surface area contributed by atoms with Crippen LogP contribution in [-0.2, 0) is 4.74 Å². The number of carbonyl (C=O) groups excluding carboxylic acids is 1.